The molecular weight excluding hydrogens is 741 g/mol. The lowest BCUT2D eigenvalue weighted by molar-refractivity contribution is 0.669. The Bertz CT molecular complexity index is 3530. The second-order valence-electron chi connectivity index (χ2n) is 15.7. The van der Waals surface area contributed by atoms with Crippen LogP contribution in [0.25, 0.3) is 93.6 Å². The molecule has 12 aromatic rings. The summed E-state index contributed by atoms with van der Waals surface area (Å²) in [7, 11) is 0. The van der Waals surface area contributed by atoms with Crippen LogP contribution in [-0.4, -0.2) is 4.57 Å². The quantitative estimate of drug-likeness (QED) is 0.161. The number of aromatic nitrogens is 1. The van der Waals surface area contributed by atoms with E-state index in [0.29, 0.717) is 0 Å². The molecule has 2 aromatic heterocycles. The second kappa shape index (κ2) is 14.3. The van der Waals surface area contributed by atoms with Crippen LogP contribution in [0.15, 0.2) is 235 Å². The number of hydrogen-bond acceptors (Lipinski definition) is 2. The molecule has 10 aromatic carbocycles. The van der Waals surface area contributed by atoms with E-state index in [4.69, 9.17) is 4.42 Å². The predicted octanol–water partition coefficient (Wildman–Crippen LogP) is 16.3. The van der Waals surface area contributed by atoms with Gasteiger partial charge in [0.1, 0.15) is 11.2 Å². The molecule has 0 bridgehead atoms. The van der Waals surface area contributed by atoms with E-state index in [-0.39, 0.29) is 0 Å². The van der Waals surface area contributed by atoms with E-state index < -0.39 is 0 Å². The van der Waals surface area contributed by atoms with Gasteiger partial charge in [0.15, 0.2) is 0 Å². The third kappa shape index (κ3) is 5.90. The Morgan fingerprint density at radius 1 is 0.328 bits per heavy atom. The summed E-state index contributed by atoms with van der Waals surface area (Å²) in [6.07, 6.45) is 0. The van der Waals surface area contributed by atoms with Gasteiger partial charge in [0, 0.05) is 44.2 Å². The van der Waals surface area contributed by atoms with Crippen molar-refractivity contribution < 1.29 is 4.42 Å². The Morgan fingerprint density at radius 2 is 0.852 bits per heavy atom. The van der Waals surface area contributed by atoms with Crippen LogP contribution < -0.4 is 4.90 Å². The van der Waals surface area contributed by atoms with E-state index in [1.165, 1.54) is 49.3 Å². The first-order chi connectivity index (χ1) is 30.2. The van der Waals surface area contributed by atoms with E-state index >= 15 is 0 Å². The summed E-state index contributed by atoms with van der Waals surface area (Å²) in [5.74, 6) is 0. The zero-order valence-corrected chi connectivity index (χ0v) is 33.2. The van der Waals surface area contributed by atoms with E-state index in [1.807, 2.05) is 12.1 Å². The fourth-order valence-corrected chi connectivity index (χ4v) is 9.32. The highest BCUT2D eigenvalue weighted by Crippen LogP contribution is 2.44. The zero-order chi connectivity index (χ0) is 40.3. The Labute approximate surface area is 353 Å². The molecule has 0 aliphatic carbocycles. The topological polar surface area (TPSA) is 21.3 Å². The van der Waals surface area contributed by atoms with Gasteiger partial charge in [0.05, 0.1) is 16.7 Å². The minimum Gasteiger partial charge on any atom is -0.456 e. The molecule has 0 unspecified atom stereocenters. The van der Waals surface area contributed by atoms with E-state index in [0.717, 1.165) is 61.4 Å². The number of rotatable bonds is 7. The maximum absolute atomic E-state index is 6.15. The predicted molar refractivity (Wildman–Crippen MR) is 257 cm³/mol. The zero-order valence-electron chi connectivity index (χ0n) is 33.2. The molecule has 3 nitrogen and oxygen atoms in total. The molecule has 0 saturated carbocycles. The van der Waals surface area contributed by atoms with Crippen LogP contribution in [0.3, 0.4) is 0 Å². The summed E-state index contributed by atoms with van der Waals surface area (Å²) in [6.45, 7) is 0. The smallest absolute Gasteiger partial charge is 0.135 e. The first kappa shape index (κ1) is 34.9. The van der Waals surface area contributed by atoms with Gasteiger partial charge >= 0.3 is 0 Å². The molecule has 0 fully saturated rings. The van der Waals surface area contributed by atoms with Crippen LogP contribution in [0.2, 0.25) is 0 Å². The molecule has 286 valence electrons. The van der Waals surface area contributed by atoms with Gasteiger partial charge in [-0.15, -0.1) is 0 Å². The highest BCUT2D eigenvalue weighted by molar-refractivity contribution is 6.09. The third-order valence-electron chi connectivity index (χ3n) is 12.2. The van der Waals surface area contributed by atoms with Crippen LogP contribution in [0, 0.1) is 0 Å². The van der Waals surface area contributed by atoms with Gasteiger partial charge in [0.2, 0.25) is 0 Å². The van der Waals surface area contributed by atoms with Crippen molar-refractivity contribution in [3.63, 3.8) is 0 Å². The molecular formula is C58H38N2O. The molecule has 0 spiro atoms. The number of hydrogen-bond donors (Lipinski definition) is 0. The summed E-state index contributed by atoms with van der Waals surface area (Å²) < 4.78 is 8.53. The van der Waals surface area contributed by atoms with Crippen LogP contribution in [-0.2, 0) is 0 Å². The van der Waals surface area contributed by atoms with Crippen molar-refractivity contribution in [2.24, 2.45) is 0 Å². The lowest BCUT2D eigenvalue weighted by atomic mass is 9.96. The molecule has 3 heteroatoms. The van der Waals surface area contributed by atoms with Gasteiger partial charge in [-0.2, -0.15) is 0 Å². The molecule has 12 rings (SSSR count). The van der Waals surface area contributed by atoms with Crippen LogP contribution >= 0.6 is 0 Å². The Hall–Kier alpha value is -8.14. The molecule has 2 heterocycles. The molecule has 0 aliphatic rings. The van der Waals surface area contributed by atoms with Crippen molar-refractivity contribution in [1.29, 1.82) is 0 Å². The maximum atomic E-state index is 6.15. The van der Waals surface area contributed by atoms with Crippen molar-refractivity contribution in [2.75, 3.05) is 4.90 Å². The Kier molecular flexibility index (Phi) is 8.17. The normalized spacial score (nSPS) is 11.6. The van der Waals surface area contributed by atoms with Gasteiger partial charge in [-0.1, -0.05) is 158 Å². The fourth-order valence-electron chi connectivity index (χ4n) is 9.32. The monoisotopic (exact) mass is 778 g/mol. The fraction of sp³-hybridized carbons (Fsp3) is 0. The largest absolute Gasteiger partial charge is 0.456 e. The van der Waals surface area contributed by atoms with E-state index in [1.54, 1.807) is 0 Å². The average molecular weight is 779 g/mol. The minimum atomic E-state index is 0.902. The van der Waals surface area contributed by atoms with Crippen LogP contribution in [0.4, 0.5) is 17.1 Å². The maximum Gasteiger partial charge on any atom is 0.135 e. The number of nitrogens with zero attached hydrogens (tertiary/aromatic N) is 2. The number of fused-ring (bicyclic) bond motifs is 7. The summed E-state index contributed by atoms with van der Waals surface area (Å²) in [5, 5.41) is 7.24. The molecule has 0 saturated heterocycles. The van der Waals surface area contributed by atoms with E-state index in [9.17, 15) is 0 Å². The van der Waals surface area contributed by atoms with Gasteiger partial charge < -0.3 is 13.9 Å². The molecule has 0 atom stereocenters. The number of furan rings is 1. The third-order valence-corrected chi connectivity index (χ3v) is 12.2. The number of anilines is 3. The average Bonchev–Trinajstić information content (AvgIpc) is 3.88. The number of para-hydroxylation sites is 4. The van der Waals surface area contributed by atoms with Crippen LogP contribution in [0.5, 0.6) is 0 Å². The van der Waals surface area contributed by atoms with Crippen molar-refractivity contribution in [2.45, 2.75) is 0 Å². The summed E-state index contributed by atoms with van der Waals surface area (Å²) >= 11 is 0. The molecule has 0 radical (unpaired) electrons. The van der Waals surface area contributed by atoms with Crippen molar-refractivity contribution in [3.8, 4) is 39.1 Å². The summed E-state index contributed by atoms with van der Waals surface area (Å²) in [6, 6.07) is 83.0. The van der Waals surface area contributed by atoms with E-state index in [2.05, 4.69) is 228 Å². The molecule has 0 amide bonds. The van der Waals surface area contributed by atoms with Crippen molar-refractivity contribution in [3.05, 3.63) is 231 Å². The van der Waals surface area contributed by atoms with Gasteiger partial charge in [-0.3, -0.25) is 0 Å². The highest BCUT2D eigenvalue weighted by atomic mass is 16.3. The lowest BCUT2D eigenvalue weighted by Crippen LogP contribution is -2.11. The molecule has 61 heavy (non-hydrogen) atoms. The van der Waals surface area contributed by atoms with Crippen LogP contribution in [0.1, 0.15) is 0 Å². The first-order valence-electron chi connectivity index (χ1n) is 20.8. The SMILES string of the molecule is c1cc(-c2ccc(N(c3ccc(-c4ccc5oc6ccccc6c5c4)cc3)c3ccccc3-c3cccc4ccccc34)cc2)cc(-n2c3ccccc3c3ccccc32)c1. The second-order valence-corrected chi connectivity index (χ2v) is 15.7. The highest BCUT2D eigenvalue weighted by Gasteiger charge is 2.19. The summed E-state index contributed by atoms with van der Waals surface area (Å²) in [5.41, 5.74) is 15.6. The van der Waals surface area contributed by atoms with Gasteiger partial charge in [0.25, 0.3) is 0 Å². The Balaban J connectivity index is 0.966. The van der Waals surface area contributed by atoms with Gasteiger partial charge in [-0.05, 0) is 111 Å². The van der Waals surface area contributed by atoms with Crippen molar-refractivity contribution in [1.82, 2.24) is 4.57 Å². The summed E-state index contributed by atoms with van der Waals surface area (Å²) in [4.78, 5) is 2.39. The minimum absolute atomic E-state index is 0.902. The van der Waals surface area contributed by atoms with Crippen molar-refractivity contribution >= 4 is 71.6 Å². The molecule has 0 aliphatic heterocycles. The lowest BCUT2D eigenvalue weighted by Gasteiger charge is -2.28. The molecule has 0 N–H and O–H groups in total. The standard InChI is InChI=1S/C58H38N2O/c1-2-17-47-41(13-1)14-12-22-48(47)49-18-3-7-23-54(49)59(45-34-29-40(30-35-45)43-31-36-58-53(38-43)52-21-6-10-26-57(52)61-58)44-32-27-39(28-33-44)42-15-11-16-46(37-42)60-55-24-8-4-19-50(55)51-20-5-9-25-56(51)60/h1-38H. The first-order valence-corrected chi connectivity index (χ1v) is 20.8. The van der Waals surface area contributed by atoms with Gasteiger partial charge in [-0.25, -0.2) is 0 Å². The number of benzene rings is 10. The Morgan fingerprint density at radius 3 is 1.59 bits per heavy atom.